The minimum absolute atomic E-state index is 0.0127. The Kier molecular flexibility index (Phi) is 5.86. The van der Waals surface area contributed by atoms with Crippen molar-refractivity contribution >= 4 is 23.0 Å². The molecule has 1 atom stereocenters. The van der Waals surface area contributed by atoms with Crippen molar-refractivity contribution in [2.75, 3.05) is 13.7 Å². The number of pyridine rings is 1. The molecular formula is C22H21N3O3S. The summed E-state index contributed by atoms with van der Waals surface area (Å²) in [7, 11) is 1.64. The highest BCUT2D eigenvalue weighted by molar-refractivity contribution is 7.12. The quantitative estimate of drug-likeness (QED) is 0.594. The first-order valence-electron chi connectivity index (χ1n) is 9.31. The standard InChI is InChI=1S/C22H21N3O3S/c1-27-18-7-2-5-16(11-18)14-25(22(26)21-8-4-10-29-21)15-19-12-20(24-28-19)17-6-3-9-23-13-17/h2-11,13,19H,12,14-15H2,1H3. The second-order valence-corrected chi connectivity index (χ2v) is 7.67. The number of hydrogen-bond donors (Lipinski definition) is 0. The van der Waals surface area contributed by atoms with Crippen LogP contribution in [0.4, 0.5) is 0 Å². The molecule has 0 saturated carbocycles. The summed E-state index contributed by atoms with van der Waals surface area (Å²) < 4.78 is 5.32. The van der Waals surface area contributed by atoms with Crippen LogP contribution in [0.5, 0.6) is 5.75 Å². The van der Waals surface area contributed by atoms with E-state index < -0.39 is 0 Å². The minimum Gasteiger partial charge on any atom is -0.497 e. The summed E-state index contributed by atoms with van der Waals surface area (Å²) in [6, 6.07) is 15.3. The molecule has 4 rings (SSSR count). The molecule has 0 saturated heterocycles. The Hall–Kier alpha value is -3.19. The number of amides is 1. The number of aromatic nitrogens is 1. The van der Waals surface area contributed by atoms with Crippen LogP contribution in [0.2, 0.25) is 0 Å². The van der Waals surface area contributed by atoms with Crippen LogP contribution in [0.3, 0.4) is 0 Å². The summed E-state index contributed by atoms with van der Waals surface area (Å²) in [5.41, 5.74) is 2.80. The molecule has 6 nitrogen and oxygen atoms in total. The Morgan fingerprint density at radius 1 is 1.28 bits per heavy atom. The topological polar surface area (TPSA) is 64.0 Å². The lowest BCUT2D eigenvalue weighted by atomic mass is 10.1. The van der Waals surface area contributed by atoms with E-state index in [9.17, 15) is 4.79 Å². The van der Waals surface area contributed by atoms with E-state index in [0.29, 0.717) is 24.4 Å². The van der Waals surface area contributed by atoms with E-state index >= 15 is 0 Å². The van der Waals surface area contributed by atoms with Crippen LogP contribution < -0.4 is 4.74 Å². The first-order chi connectivity index (χ1) is 14.2. The Morgan fingerprint density at radius 3 is 2.97 bits per heavy atom. The van der Waals surface area contributed by atoms with Crippen LogP contribution in [0, 0.1) is 0 Å². The van der Waals surface area contributed by atoms with Crippen LogP contribution in [0.25, 0.3) is 0 Å². The zero-order chi connectivity index (χ0) is 20.1. The van der Waals surface area contributed by atoms with Gasteiger partial charge in [-0.1, -0.05) is 23.4 Å². The van der Waals surface area contributed by atoms with Gasteiger partial charge in [-0.05, 0) is 41.3 Å². The van der Waals surface area contributed by atoms with Gasteiger partial charge in [0.15, 0.2) is 6.10 Å². The van der Waals surface area contributed by atoms with Gasteiger partial charge in [0, 0.05) is 30.9 Å². The number of oxime groups is 1. The Labute approximate surface area is 173 Å². The fourth-order valence-electron chi connectivity index (χ4n) is 3.24. The summed E-state index contributed by atoms with van der Waals surface area (Å²) >= 11 is 1.44. The summed E-state index contributed by atoms with van der Waals surface area (Å²) in [6.45, 7) is 0.914. The van der Waals surface area contributed by atoms with E-state index in [0.717, 1.165) is 22.6 Å². The second kappa shape index (κ2) is 8.87. The van der Waals surface area contributed by atoms with Gasteiger partial charge in [0.05, 0.1) is 24.2 Å². The van der Waals surface area contributed by atoms with Crippen molar-refractivity contribution in [1.29, 1.82) is 0 Å². The molecule has 0 aliphatic carbocycles. The van der Waals surface area contributed by atoms with Crippen molar-refractivity contribution in [2.45, 2.75) is 19.1 Å². The van der Waals surface area contributed by atoms with Gasteiger partial charge in [0.25, 0.3) is 5.91 Å². The molecule has 3 aromatic rings. The maximum Gasteiger partial charge on any atom is 0.264 e. The summed E-state index contributed by atoms with van der Waals surface area (Å²) in [5.74, 6) is 0.756. The number of rotatable bonds is 7. The van der Waals surface area contributed by atoms with E-state index in [2.05, 4.69) is 10.1 Å². The highest BCUT2D eigenvalue weighted by Gasteiger charge is 2.28. The van der Waals surface area contributed by atoms with Gasteiger partial charge in [-0.2, -0.15) is 0 Å². The highest BCUT2D eigenvalue weighted by Crippen LogP contribution is 2.22. The molecule has 0 spiro atoms. The molecule has 1 aliphatic heterocycles. The van der Waals surface area contributed by atoms with Crippen LogP contribution in [-0.4, -0.2) is 41.3 Å². The normalized spacial score (nSPS) is 15.5. The van der Waals surface area contributed by atoms with E-state index in [1.165, 1.54) is 11.3 Å². The van der Waals surface area contributed by atoms with Crippen LogP contribution in [0.15, 0.2) is 71.5 Å². The molecule has 2 aromatic heterocycles. The lowest BCUT2D eigenvalue weighted by molar-refractivity contribution is 0.0408. The van der Waals surface area contributed by atoms with Gasteiger partial charge in [0.1, 0.15) is 5.75 Å². The fourth-order valence-corrected chi connectivity index (χ4v) is 3.93. The number of carbonyl (C=O) groups is 1. The molecule has 7 heteroatoms. The zero-order valence-electron chi connectivity index (χ0n) is 16.0. The molecule has 0 N–H and O–H groups in total. The third kappa shape index (κ3) is 4.63. The van der Waals surface area contributed by atoms with Gasteiger partial charge in [-0.15, -0.1) is 11.3 Å². The van der Waals surface area contributed by atoms with Crippen LogP contribution in [0.1, 0.15) is 27.2 Å². The third-order valence-electron chi connectivity index (χ3n) is 4.68. The van der Waals surface area contributed by atoms with Crippen LogP contribution >= 0.6 is 11.3 Å². The Bertz CT molecular complexity index is 990. The van der Waals surface area contributed by atoms with Crippen LogP contribution in [-0.2, 0) is 11.4 Å². The number of methoxy groups -OCH3 is 1. The molecular weight excluding hydrogens is 386 g/mol. The van der Waals surface area contributed by atoms with E-state index in [1.54, 1.807) is 19.5 Å². The number of hydrogen-bond acceptors (Lipinski definition) is 6. The largest absolute Gasteiger partial charge is 0.497 e. The Morgan fingerprint density at radius 2 is 2.21 bits per heavy atom. The van der Waals surface area contributed by atoms with Gasteiger partial charge < -0.3 is 14.5 Å². The van der Waals surface area contributed by atoms with Gasteiger partial charge in [-0.25, -0.2) is 0 Å². The average Bonchev–Trinajstić information content (AvgIpc) is 3.46. The first-order valence-corrected chi connectivity index (χ1v) is 10.2. The molecule has 0 fully saturated rings. The van der Waals surface area contributed by atoms with Crippen molar-refractivity contribution < 1.29 is 14.4 Å². The maximum atomic E-state index is 13.1. The predicted molar refractivity (Wildman–Crippen MR) is 112 cm³/mol. The number of ether oxygens (including phenoxy) is 1. The maximum absolute atomic E-state index is 13.1. The molecule has 1 aromatic carbocycles. The summed E-state index contributed by atoms with van der Waals surface area (Å²) in [4.78, 5) is 25.4. The fraction of sp³-hybridized carbons (Fsp3) is 0.227. The minimum atomic E-state index is -0.195. The first kappa shape index (κ1) is 19.1. The van der Waals surface area contributed by atoms with Crippen molar-refractivity contribution in [3.63, 3.8) is 0 Å². The zero-order valence-corrected chi connectivity index (χ0v) is 16.8. The van der Waals surface area contributed by atoms with Crippen molar-refractivity contribution in [3.8, 4) is 5.75 Å². The van der Waals surface area contributed by atoms with E-state index in [-0.39, 0.29) is 12.0 Å². The molecule has 1 aliphatic rings. The molecule has 148 valence electrons. The molecule has 3 heterocycles. The molecule has 29 heavy (non-hydrogen) atoms. The number of thiophene rings is 1. The lowest BCUT2D eigenvalue weighted by Gasteiger charge is -2.24. The van der Waals surface area contributed by atoms with Crippen molar-refractivity contribution in [2.24, 2.45) is 5.16 Å². The van der Waals surface area contributed by atoms with Gasteiger partial charge in [0.2, 0.25) is 0 Å². The summed E-state index contributed by atoms with van der Waals surface area (Å²) in [5, 5.41) is 6.13. The smallest absolute Gasteiger partial charge is 0.264 e. The predicted octanol–water partition coefficient (Wildman–Crippen LogP) is 3.99. The van der Waals surface area contributed by atoms with E-state index in [1.807, 2.05) is 58.8 Å². The molecule has 1 unspecified atom stereocenters. The molecule has 0 bridgehead atoms. The van der Waals surface area contributed by atoms with Gasteiger partial charge >= 0.3 is 0 Å². The second-order valence-electron chi connectivity index (χ2n) is 6.73. The van der Waals surface area contributed by atoms with Gasteiger partial charge in [-0.3, -0.25) is 9.78 Å². The number of carbonyl (C=O) groups excluding carboxylic acids is 1. The number of benzene rings is 1. The SMILES string of the molecule is COc1cccc(CN(CC2CC(c3cccnc3)=NO2)C(=O)c2cccs2)c1. The number of nitrogens with zero attached hydrogens (tertiary/aromatic N) is 3. The summed E-state index contributed by atoms with van der Waals surface area (Å²) in [6.07, 6.45) is 3.94. The Balaban J connectivity index is 1.49. The van der Waals surface area contributed by atoms with Crippen molar-refractivity contribution in [3.05, 3.63) is 82.3 Å². The van der Waals surface area contributed by atoms with Crippen molar-refractivity contribution in [1.82, 2.24) is 9.88 Å². The molecule has 0 radical (unpaired) electrons. The highest BCUT2D eigenvalue weighted by atomic mass is 32.1. The lowest BCUT2D eigenvalue weighted by Crippen LogP contribution is -2.37. The third-order valence-corrected chi connectivity index (χ3v) is 5.54. The monoisotopic (exact) mass is 407 g/mol. The van der Waals surface area contributed by atoms with E-state index in [4.69, 9.17) is 9.57 Å². The molecule has 1 amide bonds. The average molecular weight is 407 g/mol.